The van der Waals surface area contributed by atoms with Gasteiger partial charge in [-0.3, -0.25) is 23.7 Å². The van der Waals surface area contributed by atoms with Crippen LogP contribution in [0.25, 0.3) is 21.6 Å². The van der Waals surface area contributed by atoms with Crippen LogP contribution < -0.4 is 20.1 Å². The van der Waals surface area contributed by atoms with E-state index < -0.39 is 68.6 Å². The monoisotopic (exact) mass is 937 g/mol. The quantitative estimate of drug-likeness (QED) is 0.0733. The fourth-order valence-corrected chi connectivity index (χ4v) is 10.8. The highest BCUT2D eigenvalue weighted by atomic mass is 32.2. The zero-order valence-electron chi connectivity index (χ0n) is 40.2. The molecular weight excluding hydrogens is 867 g/mol. The second-order valence-electron chi connectivity index (χ2n) is 20.1. The molecule has 3 N–H and O–H groups in total. The Balaban J connectivity index is 1.51. The largest absolute Gasteiger partial charge is 0.459 e. The van der Waals surface area contributed by atoms with Gasteiger partial charge in [0.2, 0.25) is 21.8 Å². The van der Waals surface area contributed by atoms with Crippen LogP contribution >= 0.6 is 11.3 Å². The molecule has 1 saturated carbocycles. The van der Waals surface area contributed by atoms with Gasteiger partial charge in [0.25, 0.3) is 11.9 Å². The average Bonchev–Trinajstić information content (AvgIpc) is 3.48. The molecule has 4 amide bonds. The van der Waals surface area contributed by atoms with Crippen molar-refractivity contribution in [1.29, 1.82) is 0 Å². The number of hydrogen-bond donors (Lipinski definition) is 3. The molecule has 1 aromatic carbocycles. The van der Waals surface area contributed by atoms with Gasteiger partial charge in [-0.15, -0.1) is 24.5 Å². The molecule has 1 aliphatic carbocycles. The Morgan fingerprint density at radius 2 is 1.71 bits per heavy atom. The molecule has 0 bridgehead atoms. The highest BCUT2D eigenvalue weighted by Crippen LogP contribution is 2.47. The van der Waals surface area contributed by atoms with Crippen molar-refractivity contribution in [2.24, 2.45) is 11.3 Å². The van der Waals surface area contributed by atoms with Gasteiger partial charge in [-0.1, -0.05) is 66.2 Å². The number of aryl methyl sites for hydroxylation is 1. The number of sulfonamides is 1. The van der Waals surface area contributed by atoms with Crippen molar-refractivity contribution < 1.29 is 37.1 Å². The maximum Gasteiger partial charge on any atom is 0.408 e. The maximum absolute atomic E-state index is 14.9. The van der Waals surface area contributed by atoms with Crippen LogP contribution in [0.5, 0.6) is 6.01 Å². The van der Waals surface area contributed by atoms with E-state index in [9.17, 15) is 27.6 Å². The average molecular weight is 938 g/mol. The summed E-state index contributed by atoms with van der Waals surface area (Å²) in [6.45, 7) is 28.3. The summed E-state index contributed by atoms with van der Waals surface area (Å²) in [5, 5.41) is 6.52. The van der Waals surface area contributed by atoms with Gasteiger partial charge in [-0.05, 0) is 103 Å². The molecule has 0 spiro atoms. The summed E-state index contributed by atoms with van der Waals surface area (Å²) in [5.74, 6) is -2.35. The lowest BCUT2D eigenvalue weighted by Crippen LogP contribution is -2.60. The number of allylic oxidation sites excluding steroid dienone is 2. The van der Waals surface area contributed by atoms with Crippen molar-refractivity contribution in [3.05, 3.63) is 54.1 Å². The van der Waals surface area contributed by atoms with E-state index in [1.807, 2.05) is 49.6 Å². The van der Waals surface area contributed by atoms with Crippen molar-refractivity contribution in [3.63, 3.8) is 0 Å². The number of para-hydroxylation sites is 1. The summed E-state index contributed by atoms with van der Waals surface area (Å²) in [6, 6.07) is 3.87. The number of benzene rings is 1. The molecule has 1 saturated heterocycles. The molecule has 3 aromatic rings. The van der Waals surface area contributed by atoms with E-state index in [0.29, 0.717) is 37.2 Å². The Morgan fingerprint density at radius 1 is 1.02 bits per heavy atom. The minimum atomic E-state index is -4.00. The van der Waals surface area contributed by atoms with Crippen LogP contribution in [0.2, 0.25) is 0 Å². The number of fused-ring (bicyclic) bond motifs is 1. The SMILES string of the molecule is C=CCCCCS(=O)(=O)NC(=O)[C@@]1(NC(=O)[C@@H]2C[C@@H](Oc3nc4c(-c5nc(C(C)C)c(CCC=C)s5)cccc4n3C(C)C)CN2C(=O)[C@@H](NC(=O)OC(C)(C)C)C(C)(C)C)C[C@H]1CC. The first-order valence-electron chi connectivity index (χ1n) is 22.9. The molecule has 2 fully saturated rings. The van der Waals surface area contributed by atoms with E-state index in [0.717, 1.165) is 34.6 Å². The molecule has 65 heavy (non-hydrogen) atoms. The Kier molecular flexibility index (Phi) is 16.1. The van der Waals surface area contributed by atoms with Crippen molar-refractivity contribution >= 4 is 56.2 Å². The molecule has 5 rings (SSSR count). The van der Waals surface area contributed by atoms with Gasteiger partial charge in [0.05, 0.1) is 23.5 Å². The van der Waals surface area contributed by atoms with E-state index in [1.54, 1.807) is 59.0 Å². The molecular formula is C48H71N7O8S2. The predicted molar refractivity (Wildman–Crippen MR) is 256 cm³/mol. The number of aromatic nitrogens is 3. The third-order valence-corrected chi connectivity index (χ3v) is 14.3. The fraction of sp³-hybridized carbons (Fsp3) is 0.625. The molecule has 0 unspecified atom stereocenters. The first-order chi connectivity index (χ1) is 30.4. The number of ether oxygens (including phenoxy) is 2. The lowest BCUT2D eigenvalue weighted by atomic mass is 9.85. The summed E-state index contributed by atoms with van der Waals surface area (Å²) in [7, 11) is -4.00. The second kappa shape index (κ2) is 20.4. The fourth-order valence-electron chi connectivity index (χ4n) is 8.43. The Morgan fingerprint density at radius 3 is 2.29 bits per heavy atom. The third-order valence-electron chi connectivity index (χ3n) is 11.8. The number of likely N-dealkylation sites (tertiary alicyclic amines) is 1. The number of nitrogens with zero attached hydrogens (tertiary/aromatic N) is 4. The molecule has 17 heteroatoms. The zero-order valence-corrected chi connectivity index (χ0v) is 41.8. The summed E-state index contributed by atoms with van der Waals surface area (Å²) < 4.78 is 42.6. The van der Waals surface area contributed by atoms with Crippen molar-refractivity contribution in [2.45, 2.75) is 169 Å². The van der Waals surface area contributed by atoms with E-state index >= 15 is 0 Å². The third kappa shape index (κ3) is 12.2. The zero-order chi connectivity index (χ0) is 48.2. The van der Waals surface area contributed by atoms with E-state index in [1.165, 1.54) is 9.78 Å². The number of amides is 4. The normalized spacial score (nSPS) is 20.4. The van der Waals surface area contributed by atoms with Crippen LogP contribution in [-0.4, -0.2) is 93.3 Å². The first kappa shape index (κ1) is 51.2. The number of carbonyl (C=O) groups is 4. The number of unbranched alkanes of at least 4 members (excludes halogenated alkanes) is 2. The maximum atomic E-state index is 14.9. The first-order valence-corrected chi connectivity index (χ1v) is 25.4. The van der Waals surface area contributed by atoms with Crippen molar-refractivity contribution in [1.82, 2.24) is 34.8 Å². The molecule has 1 aliphatic heterocycles. The van der Waals surface area contributed by atoms with Gasteiger partial charge in [0, 0.05) is 22.9 Å². The van der Waals surface area contributed by atoms with E-state index in [2.05, 4.69) is 42.4 Å². The van der Waals surface area contributed by atoms with Crippen LogP contribution in [0.15, 0.2) is 43.5 Å². The van der Waals surface area contributed by atoms with E-state index in [-0.39, 0.29) is 43.0 Å². The minimum Gasteiger partial charge on any atom is -0.459 e. The summed E-state index contributed by atoms with van der Waals surface area (Å²) in [4.78, 5) is 69.4. The lowest BCUT2D eigenvalue weighted by molar-refractivity contribution is -0.143. The molecule has 5 atom stereocenters. The highest BCUT2D eigenvalue weighted by Gasteiger charge is 2.62. The van der Waals surface area contributed by atoms with Crippen LogP contribution in [0.1, 0.15) is 144 Å². The van der Waals surface area contributed by atoms with Crippen LogP contribution in [0, 0.1) is 11.3 Å². The molecule has 15 nitrogen and oxygen atoms in total. The van der Waals surface area contributed by atoms with Crippen molar-refractivity contribution in [3.8, 4) is 16.6 Å². The minimum absolute atomic E-state index is 0.0159. The van der Waals surface area contributed by atoms with Crippen LogP contribution in [-0.2, 0) is 35.6 Å². The molecule has 358 valence electrons. The number of carbonyl (C=O) groups excluding carboxylic acids is 4. The topological polar surface area (TPSA) is 191 Å². The number of alkyl carbamates (subject to hydrolysis) is 1. The van der Waals surface area contributed by atoms with Gasteiger partial charge in [0.1, 0.15) is 39.9 Å². The van der Waals surface area contributed by atoms with Gasteiger partial charge in [-0.2, -0.15) is 4.98 Å². The summed E-state index contributed by atoms with van der Waals surface area (Å²) >= 11 is 1.65. The highest BCUT2D eigenvalue weighted by molar-refractivity contribution is 7.90. The van der Waals surface area contributed by atoms with E-state index in [4.69, 9.17) is 19.4 Å². The van der Waals surface area contributed by atoms with Gasteiger partial charge < -0.3 is 25.0 Å². The number of hydrogen-bond acceptors (Lipinski definition) is 11. The second-order valence-corrected chi connectivity index (χ2v) is 23.0. The predicted octanol–water partition coefficient (Wildman–Crippen LogP) is 8.36. The standard InChI is InChI=1S/C48H71N7O8S2/c1-14-17-19-20-25-65(60,61)53-43(58)48(27-31(48)16-3)52-40(56)35-26-32(28-54(35)42(57)39(46(8,9)10)51-45(59)63-47(11,12)13)62-44-50-38-33(22-21-23-34(38)55(44)30(6)7)41-49-37(29(4)5)36(64-41)24-18-15-2/h14-15,21-23,29-32,35,39H,1-2,16-20,24-28H2,3-13H3,(H,51,59)(H,52,56)(H,53,58)/t31-,32-,35+,39-,48-/m1/s1. The Hall–Kier alpha value is -4.77. The molecule has 0 radical (unpaired) electrons. The van der Waals surface area contributed by atoms with Crippen LogP contribution in [0.3, 0.4) is 0 Å². The molecule has 2 aliphatic rings. The smallest absolute Gasteiger partial charge is 0.408 e. The Bertz CT molecular complexity index is 2360. The van der Waals surface area contributed by atoms with Gasteiger partial charge in [0.15, 0.2) is 0 Å². The Labute approximate surface area is 389 Å². The summed E-state index contributed by atoms with van der Waals surface area (Å²) in [6.07, 6.45) is 6.08. The van der Waals surface area contributed by atoms with Gasteiger partial charge in [-0.25, -0.2) is 18.2 Å². The number of nitrogens with one attached hydrogen (secondary N) is 3. The summed E-state index contributed by atoms with van der Waals surface area (Å²) in [5.41, 5.74) is 0.275. The van der Waals surface area contributed by atoms with Crippen molar-refractivity contribution in [2.75, 3.05) is 12.3 Å². The molecule has 3 heterocycles. The number of thiazole rings is 1. The van der Waals surface area contributed by atoms with Gasteiger partial charge >= 0.3 is 6.09 Å². The number of rotatable bonds is 20. The molecule has 2 aromatic heterocycles. The van der Waals surface area contributed by atoms with Crippen LogP contribution in [0.4, 0.5) is 4.79 Å². The lowest BCUT2D eigenvalue weighted by Gasteiger charge is -2.36. The number of imidazole rings is 1.